The first-order valence-electron chi connectivity index (χ1n) is 4.07. The van der Waals surface area contributed by atoms with Crippen LogP contribution in [0.2, 0.25) is 0 Å². The molecule has 1 saturated carbocycles. The minimum Gasteiger partial charge on any atom is -0.385 e. The Morgan fingerprint density at radius 2 is 2.27 bits per heavy atom. The molecule has 11 heavy (non-hydrogen) atoms. The van der Waals surface area contributed by atoms with Crippen LogP contribution < -0.4 is 5.32 Å². The molecule has 0 aromatic heterocycles. The van der Waals surface area contributed by atoms with Crippen LogP contribution >= 0.6 is 0 Å². The maximum atomic E-state index is 6.71. The van der Waals surface area contributed by atoms with Crippen molar-refractivity contribution < 1.29 is 0 Å². The second-order valence-corrected chi connectivity index (χ2v) is 3.29. The topological polar surface area (TPSA) is 48.2 Å². The maximum Gasteiger partial charge on any atom is 0.0681 e. The van der Waals surface area contributed by atoms with Crippen LogP contribution in [0, 0.1) is 11.4 Å². The van der Waals surface area contributed by atoms with Gasteiger partial charge >= 0.3 is 0 Å². The first kappa shape index (κ1) is 8.24. The number of hydrogen-bond acceptors (Lipinski definition) is 3. The normalized spacial score (nSPS) is 18.6. The fourth-order valence-electron chi connectivity index (χ4n) is 1.06. The molecule has 0 radical (unpaired) electrons. The molecule has 62 valence electrons. The van der Waals surface area contributed by atoms with Crippen molar-refractivity contribution >= 4 is 0 Å². The minimum absolute atomic E-state index is 0.448. The van der Waals surface area contributed by atoms with Crippen molar-refractivity contribution in [1.82, 2.24) is 5.32 Å². The largest absolute Gasteiger partial charge is 0.385 e. The van der Waals surface area contributed by atoms with Crippen molar-refractivity contribution in [2.24, 2.45) is 11.0 Å². The quantitative estimate of drug-likeness (QED) is 0.598. The summed E-state index contributed by atoms with van der Waals surface area (Å²) in [5, 5.41) is 6.57. The zero-order chi connectivity index (χ0) is 8.27. The molecule has 0 aliphatic heterocycles. The highest BCUT2D eigenvalue weighted by molar-refractivity contribution is 5.09. The van der Waals surface area contributed by atoms with E-state index in [0.717, 1.165) is 5.70 Å². The van der Waals surface area contributed by atoms with E-state index in [9.17, 15) is 0 Å². The Hall–Kier alpha value is -0.860. The van der Waals surface area contributed by atoms with Crippen LogP contribution in [0.3, 0.4) is 0 Å². The highest BCUT2D eigenvalue weighted by Crippen LogP contribution is 2.35. The van der Waals surface area contributed by atoms with E-state index in [0.29, 0.717) is 12.0 Å². The van der Waals surface area contributed by atoms with Crippen molar-refractivity contribution in [2.75, 3.05) is 0 Å². The van der Waals surface area contributed by atoms with E-state index in [-0.39, 0.29) is 0 Å². The number of hydrogen-bond donors (Lipinski definition) is 2. The molecule has 1 aliphatic rings. The summed E-state index contributed by atoms with van der Waals surface area (Å²) in [6, 6.07) is 0.448. The Morgan fingerprint density at radius 3 is 2.64 bits per heavy atom. The summed E-state index contributed by atoms with van der Waals surface area (Å²) in [4.78, 5) is 0. The predicted octanol–water partition coefficient (Wildman–Crippen LogP) is 2.27. The van der Waals surface area contributed by atoms with Gasteiger partial charge < -0.3 is 5.32 Å². The summed E-state index contributed by atoms with van der Waals surface area (Å²) in [6.07, 6.45) is 4.12. The van der Waals surface area contributed by atoms with Gasteiger partial charge in [-0.25, -0.2) is 5.53 Å². The van der Waals surface area contributed by atoms with E-state index in [1.165, 1.54) is 12.8 Å². The van der Waals surface area contributed by atoms with Gasteiger partial charge in [0, 0.05) is 17.7 Å². The summed E-state index contributed by atoms with van der Waals surface area (Å²) in [6.45, 7) is 4.19. The lowest BCUT2D eigenvalue weighted by atomic mass is 10.2. The standard InChI is InChI=1S/C8H15N3/c1-6(2)11-8(5-10-9)7-3-4-7/h5-7,9,11H,3-4H2,1-2H3/b8-5-,10-9?. The smallest absolute Gasteiger partial charge is 0.0681 e. The second kappa shape index (κ2) is 3.51. The van der Waals surface area contributed by atoms with Crippen LogP contribution in [0.4, 0.5) is 0 Å². The molecule has 1 rings (SSSR count). The summed E-state index contributed by atoms with van der Waals surface area (Å²) in [5.74, 6) is 0.659. The lowest BCUT2D eigenvalue weighted by Crippen LogP contribution is -2.22. The second-order valence-electron chi connectivity index (χ2n) is 3.29. The molecular weight excluding hydrogens is 138 g/mol. The lowest BCUT2D eigenvalue weighted by Gasteiger charge is -2.11. The van der Waals surface area contributed by atoms with Crippen molar-refractivity contribution in [1.29, 1.82) is 5.53 Å². The van der Waals surface area contributed by atoms with E-state index < -0.39 is 0 Å². The van der Waals surface area contributed by atoms with Crippen molar-refractivity contribution in [3.05, 3.63) is 11.9 Å². The predicted molar refractivity (Wildman–Crippen MR) is 44.2 cm³/mol. The van der Waals surface area contributed by atoms with Gasteiger partial charge in [0.05, 0.1) is 6.20 Å². The summed E-state index contributed by atoms with van der Waals surface area (Å²) in [7, 11) is 0. The Balaban J connectivity index is 2.45. The monoisotopic (exact) mass is 153 g/mol. The van der Waals surface area contributed by atoms with Gasteiger partial charge in [0.1, 0.15) is 0 Å². The van der Waals surface area contributed by atoms with Crippen LogP contribution in [0.25, 0.3) is 0 Å². The molecule has 0 unspecified atom stereocenters. The van der Waals surface area contributed by atoms with Crippen LogP contribution in [-0.4, -0.2) is 6.04 Å². The van der Waals surface area contributed by atoms with Gasteiger partial charge in [-0.05, 0) is 26.7 Å². The maximum absolute atomic E-state index is 6.71. The fourth-order valence-corrected chi connectivity index (χ4v) is 1.06. The van der Waals surface area contributed by atoms with Gasteiger partial charge in [0.25, 0.3) is 0 Å². The average Bonchev–Trinajstić information content (AvgIpc) is 2.66. The average molecular weight is 153 g/mol. The Bertz CT molecular complexity index is 168. The van der Waals surface area contributed by atoms with Gasteiger partial charge in [-0.15, -0.1) is 0 Å². The van der Waals surface area contributed by atoms with Gasteiger partial charge in [-0.3, -0.25) is 0 Å². The van der Waals surface area contributed by atoms with Crippen LogP contribution in [0.5, 0.6) is 0 Å². The highest BCUT2D eigenvalue weighted by Gasteiger charge is 2.26. The number of rotatable bonds is 4. The molecule has 2 N–H and O–H groups in total. The molecule has 0 spiro atoms. The Kier molecular flexibility index (Phi) is 2.63. The molecule has 0 saturated heterocycles. The molecule has 3 nitrogen and oxygen atoms in total. The Labute approximate surface area is 67.4 Å². The number of nitrogens with zero attached hydrogens (tertiary/aromatic N) is 1. The first-order chi connectivity index (χ1) is 5.24. The molecule has 0 aromatic carbocycles. The van der Waals surface area contributed by atoms with Crippen molar-refractivity contribution in [3.8, 4) is 0 Å². The molecule has 0 bridgehead atoms. The van der Waals surface area contributed by atoms with E-state index in [2.05, 4.69) is 24.3 Å². The van der Waals surface area contributed by atoms with Crippen LogP contribution in [-0.2, 0) is 0 Å². The molecule has 1 aliphatic carbocycles. The fraction of sp³-hybridized carbons (Fsp3) is 0.750. The van der Waals surface area contributed by atoms with Gasteiger partial charge in [-0.1, -0.05) is 0 Å². The van der Waals surface area contributed by atoms with E-state index in [4.69, 9.17) is 5.53 Å². The van der Waals surface area contributed by atoms with Crippen molar-refractivity contribution in [3.63, 3.8) is 0 Å². The molecule has 0 heterocycles. The van der Waals surface area contributed by atoms with E-state index in [1.54, 1.807) is 6.20 Å². The zero-order valence-corrected chi connectivity index (χ0v) is 7.09. The van der Waals surface area contributed by atoms with Gasteiger partial charge in [0.15, 0.2) is 0 Å². The highest BCUT2D eigenvalue weighted by atomic mass is 15.0. The van der Waals surface area contributed by atoms with E-state index in [1.807, 2.05) is 0 Å². The summed E-state index contributed by atoms with van der Waals surface area (Å²) < 4.78 is 0. The van der Waals surface area contributed by atoms with Gasteiger partial charge in [-0.2, -0.15) is 5.11 Å². The molecule has 0 amide bonds. The summed E-state index contributed by atoms with van der Waals surface area (Å²) in [5.41, 5.74) is 7.84. The zero-order valence-electron chi connectivity index (χ0n) is 7.09. The van der Waals surface area contributed by atoms with Crippen molar-refractivity contribution in [2.45, 2.75) is 32.7 Å². The van der Waals surface area contributed by atoms with Crippen LogP contribution in [0.1, 0.15) is 26.7 Å². The third-order valence-electron chi connectivity index (χ3n) is 1.68. The number of nitrogens with one attached hydrogen (secondary N) is 2. The molecule has 1 fully saturated rings. The molecule has 0 atom stereocenters. The SMILES string of the molecule is CC(C)N/C(=C\N=N)C1CC1. The third-order valence-corrected chi connectivity index (χ3v) is 1.68. The molecule has 0 aromatic rings. The molecule has 3 heteroatoms. The van der Waals surface area contributed by atoms with Crippen LogP contribution in [0.15, 0.2) is 17.0 Å². The first-order valence-corrected chi connectivity index (χ1v) is 4.07. The molecular formula is C8H15N3. The third kappa shape index (κ3) is 2.70. The minimum atomic E-state index is 0.448. The summed E-state index contributed by atoms with van der Waals surface area (Å²) >= 11 is 0. The lowest BCUT2D eigenvalue weighted by molar-refractivity contribution is 0.632. The Morgan fingerprint density at radius 1 is 1.64 bits per heavy atom. The number of allylic oxidation sites excluding steroid dienone is 1. The van der Waals surface area contributed by atoms with Gasteiger partial charge in [0.2, 0.25) is 0 Å². The van der Waals surface area contributed by atoms with E-state index >= 15 is 0 Å².